The molecule has 2 aromatic carbocycles. The smallest absolute Gasteiger partial charge is 0.258 e. The molecule has 4 nitrogen and oxygen atoms in total. The highest BCUT2D eigenvalue weighted by molar-refractivity contribution is 6.30. The fraction of sp³-hybridized carbons (Fsp3) is 0.125. The van der Waals surface area contributed by atoms with Crippen molar-refractivity contribution < 1.29 is 9.59 Å². The number of benzene rings is 2. The summed E-state index contributed by atoms with van der Waals surface area (Å²) in [6.45, 7) is 0.351. The SMILES string of the molecule is O=C1CCN(C(=O)c2ccc(Cl)cc2)c2ccccc2N1. The number of hydrogen-bond donors (Lipinski definition) is 1. The van der Waals surface area contributed by atoms with E-state index in [4.69, 9.17) is 11.6 Å². The van der Waals surface area contributed by atoms with Crippen molar-refractivity contribution in [1.82, 2.24) is 0 Å². The van der Waals surface area contributed by atoms with E-state index in [1.54, 1.807) is 35.2 Å². The van der Waals surface area contributed by atoms with Crippen LogP contribution in [0.5, 0.6) is 0 Å². The largest absolute Gasteiger partial charge is 0.324 e. The van der Waals surface area contributed by atoms with Gasteiger partial charge in [-0.15, -0.1) is 0 Å². The Kier molecular flexibility index (Phi) is 3.62. The first kappa shape index (κ1) is 13.6. The molecule has 0 saturated heterocycles. The van der Waals surface area contributed by atoms with Gasteiger partial charge in [-0.25, -0.2) is 0 Å². The minimum atomic E-state index is -0.143. The molecule has 0 unspecified atom stereocenters. The summed E-state index contributed by atoms with van der Waals surface area (Å²) < 4.78 is 0. The Balaban J connectivity index is 1.99. The van der Waals surface area contributed by atoms with Crippen molar-refractivity contribution in [3.63, 3.8) is 0 Å². The molecule has 106 valence electrons. The van der Waals surface area contributed by atoms with Crippen LogP contribution in [0.3, 0.4) is 0 Å². The number of fused-ring (bicyclic) bond motifs is 1. The van der Waals surface area contributed by atoms with E-state index < -0.39 is 0 Å². The van der Waals surface area contributed by atoms with Gasteiger partial charge in [0.15, 0.2) is 0 Å². The lowest BCUT2D eigenvalue weighted by molar-refractivity contribution is -0.115. The van der Waals surface area contributed by atoms with Gasteiger partial charge in [0, 0.05) is 23.6 Å². The van der Waals surface area contributed by atoms with Crippen molar-refractivity contribution in [2.24, 2.45) is 0 Å². The summed E-state index contributed by atoms with van der Waals surface area (Å²) in [5, 5.41) is 3.40. The molecule has 0 bridgehead atoms. The molecule has 1 N–H and O–H groups in total. The Bertz CT molecular complexity index is 698. The van der Waals surface area contributed by atoms with Crippen LogP contribution in [-0.4, -0.2) is 18.4 Å². The van der Waals surface area contributed by atoms with Crippen molar-refractivity contribution in [2.75, 3.05) is 16.8 Å². The van der Waals surface area contributed by atoms with Gasteiger partial charge in [0.25, 0.3) is 5.91 Å². The maximum atomic E-state index is 12.7. The van der Waals surface area contributed by atoms with Crippen LogP contribution in [0.2, 0.25) is 5.02 Å². The molecule has 2 aromatic rings. The predicted molar refractivity (Wildman–Crippen MR) is 82.8 cm³/mol. The van der Waals surface area contributed by atoms with Crippen LogP contribution in [-0.2, 0) is 4.79 Å². The molecule has 1 aliphatic heterocycles. The molecule has 0 atom stereocenters. The molecule has 0 spiro atoms. The van der Waals surface area contributed by atoms with Crippen LogP contribution in [0.15, 0.2) is 48.5 Å². The second-order valence-corrected chi connectivity index (χ2v) is 5.22. The first-order valence-corrected chi connectivity index (χ1v) is 6.99. The number of anilines is 2. The van der Waals surface area contributed by atoms with Gasteiger partial charge in [-0.1, -0.05) is 23.7 Å². The number of hydrogen-bond acceptors (Lipinski definition) is 2. The van der Waals surface area contributed by atoms with E-state index in [0.717, 1.165) is 0 Å². The van der Waals surface area contributed by atoms with Gasteiger partial charge < -0.3 is 10.2 Å². The van der Waals surface area contributed by atoms with Crippen LogP contribution >= 0.6 is 11.6 Å². The Labute approximate surface area is 127 Å². The Morgan fingerprint density at radius 2 is 1.81 bits per heavy atom. The summed E-state index contributed by atoms with van der Waals surface area (Å²) in [6.07, 6.45) is 0.272. The third kappa shape index (κ3) is 2.76. The second-order valence-electron chi connectivity index (χ2n) is 4.78. The molecule has 0 aromatic heterocycles. The van der Waals surface area contributed by atoms with E-state index >= 15 is 0 Å². The van der Waals surface area contributed by atoms with Crippen LogP contribution in [0, 0.1) is 0 Å². The topological polar surface area (TPSA) is 49.4 Å². The minimum Gasteiger partial charge on any atom is -0.324 e. The molecule has 3 rings (SSSR count). The molecule has 0 radical (unpaired) electrons. The highest BCUT2D eigenvalue weighted by Crippen LogP contribution is 2.29. The zero-order valence-electron chi connectivity index (χ0n) is 11.2. The minimum absolute atomic E-state index is 0.0890. The van der Waals surface area contributed by atoms with Crippen molar-refractivity contribution in [3.8, 4) is 0 Å². The number of nitrogens with zero attached hydrogens (tertiary/aromatic N) is 1. The first-order valence-electron chi connectivity index (χ1n) is 6.61. The Morgan fingerprint density at radius 1 is 1.10 bits per heavy atom. The number of carbonyl (C=O) groups is 2. The normalized spacial score (nSPS) is 14.1. The fourth-order valence-electron chi connectivity index (χ4n) is 2.32. The van der Waals surface area contributed by atoms with Gasteiger partial charge >= 0.3 is 0 Å². The van der Waals surface area contributed by atoms with Gasteiger partial charge in [-0.2, -0.15) is 0 Å². The van der Waals surface area contributed by atoms with Crippen molar-refractivity contribution in [1.29, 1.82) is 0 Å². The van der Waals surface area contributed by atoms with Crippen LogP contribution in [0.25, 0.3) is 0 Å². The molecule has 5 heteroatoms. The fourth-order valence-corrected chi connectivity index (χ4v) is 2.45. The van der Waals surface area contributed by atoms with E-state index in [0.29, 0.717) is 28.5 Å². The third-order valence-electron chi connectivity index (χ3n) is 3.37. The number of para-hydroxylation sites is 2. The number of nitrogens with one attached hydrogen (secondary N) is 1. The molecule has 1 aliphatic rings. The first-order chi connectivity index (χ1) is 10.1. The molecule has 0 aliphatic carbocycles. The lowest BCUT2D eigenvalue weighted by Gasteiger charge is -2.22. The van der Waals surface area contributed by atoms with E-state index in [2.05, 4.69) is 5.32 Å². The Morgan fingerprint density at radius 3 is 2.57 bits per heavy atom. The van der Waals surface area contributed by atoms with Crippen molar-refractivity contribution >= 4 is 34.8 Å². The number of rotatable bonds is 1. The Hall–Kier alpha value is -2.33. The van der Waals surface area contributed by atoms with Gasteiger partial charge in [-0.3, -0.25) is 9.59 Å². The molecule has 0 saturated carbocycles. The van der Waals surface area contributed by atoms with Crippen LogP contribution in [0.4, 0.5) is 11.4 Å². The van der Waals surface area contributed by atoms with Gasteiger partial charge in [0.05, 0.1) is 11.4 Å². The summed E-state index contributed by atoms with van der Waals surface area (Å²) in [6, 6.07) is 14.0. The lowest BCUT2D eigenvalue weighted by atomic mass is 10.1. The zero-order chi connectivity index (χ0) is 14.8. The molecular formula is C16H13ClN2O2. The molecule has 21 heavy (non-hydrogen) atoms. The highest BCUT2D eigenvalue weighted by atomic mass is 35.5. The molecular weight excluding hydrogens is 288 g/mol. The summed E-state index contributed by atoms with van der Waals surface area (Å²) in [5.41, 5.74) is 1.91. The predicted octanol–water partition coefficient (Wildman–Crippen LogP) is 3.33. The van der Waals surface area contributed by atoms with Gasteiger partial charge in [-0.05, 0) is 36.4 Å². The quantitative estimate of drug-likeness (QED) is 0.878. The summed E-state index contributed by atoms with van der Waals surface area (Å²) in [7, 11) is 0. The molecule has 0 fully saturated rings. The summed E-state index contributed by atoms with van der Waals surface area (Å²) in [5.74, 6) is -0.232. The maximum absolute atomic E-state index is 12.7. The van der Waals surface area contributed by atoms with Gasteiger partial charge in [0.1, 0.15) is 0 Å². The monoisotopic (exact) mass is 300 g/mol. The second kappa shape index (κ2) is 5.58. The maximum Gasteiger partial charge on any atom is 0.258 e. The average molecular weight is 301 g/mol. The molecule has 1 heterocycles. The standard InChI is InChI=1S/C16H13ClN2O2/c17-12-7-5-11(6-8-12)16(21)19-10-9-15(20)18-13-3-1-2-4-14(13)19/h1-8H,9-10H2,(H,18,20). The van der Waals surface area contributed by atoms with Crippen molar-refractivity contribution in [3.05, 3.63) is 59.1 Å². The highest BCUT2D eigenvalue weighted by Gasteiger charge is 2.24. The van der Waals surface area contributed by atoms with E-state index in [1.165, 1.54) is 0 Å². The lowest BCUT2D eigenvalue weighted by Crippen LogP contribution is -2.31. The van der Waals surface area contributed by atoms with Gasteiger partial charge in [0.2, 0.25) is 5.91 Å². The van der Waals surface area contributed by atoms with Crippen LogP contribution < -0.4 is 10.2 Å². The molecule has 2 amide bonds. The third-order valence-corrected chi connectivity index (χ3v) is 3.62. The number of halogens is 1. The van der Waals surface area contributed by atoms with Crippen molar-refractivity contribution in [2.45, 2.75) is 6.42 Å². The van der Waals surface area contributed by atoms with E-state index in [9.17, 15) is 9.59 Å². The summed E-state index contributed by atoms with van der Waals surface area (Å²) >= 11 is 5.85. The van der Waals surface area contributed by atoms with Crippen LogP contribution in [0.1, 0.15) is 16.8 Å². The van der Waals surface area contributed by atoms with E-state index in [-0.39, 0.29) is 18.2 Å². The number of carbonyl (C=O) groups excluding carboxylic acids is 2. The summed E-state index contributed by atoms with van der Waals surface area (Å²) in [4.78, 5) is 26.0. The zero-order valence-corrected chi connectivity index (χ0v) is 11.9. The number of amides is 2. The average Bonchev–Trinajstić information content (AvgIpc) is 2.65. The van der Waals surface area contributed by atoms with E-state index in [1.807, 2.05) is 18.2 Å².